The molecule has 0 spiro atoms. The van der Waals surface area contributed by atoms with Crippen LogP contribution in [0.25, 0.3) is 10.8 Å². The van der Waals surface area contributed by atoms with E-state index in [9.17, 15) is 126 Å². The van der Waals surface area contributed by atoms with E-state index in [0.717, 1.165) is 0 Å². The highest BCUT2D eigenvalue weighted by Crippen LogP contribution is 2.63. The molecule has 2 aromatic carbocycles. The van der Waals surface area contributed by atoms with E-state index in [1.54, 1.807) is 0 Å². The van der Waals surface area contributed by atoms with Crippen molar-refractivity contribution in [3.05, 3.63) is 34.4 Å². The molecule has 8 N–H and O–H groups in total. The van der Waals surface area contributed by atoms with Gasteiger partial charge in [0.15, 0.2) is 0 Å². The van der Waals surface area contributed by atoms with E-state index >= 15 is 0 Å². The standard InChI is InChI=1S/C22H10F24N2O4/c23-15(24,25)11(49,16(26,27)28)5-1-3-4(8(9(5)47)14(52,21(41,42)43)22(44,45)46)2-6(12(50,17(29,30)31)18(32,33)34)10(48)7(3)13(51,19(35,36)37)20(38,39)40/h1-2,49-52H,47-48H2. The van der Waals surface area contributed by atoms with Gasteiger partial charge >= 0.3 is 49.4 Å². The molecule has 0 heterocycles. The van der Waals surface area contributed by atoms with Crippen LogP contribution in [0.1, 0.15) is 22.3 Å². The Labute approximate surface area is 266 Å². The number of nitrogen functional groups attached to an aromatic ring is 2. The second-order valence-electron chi connectivity index (χ2n) is 10.3. The zero-order valence-electron chi connectivity index (χ0n) is 23.2. The van der Waals surface area contributed by atoms with Gasteiger partial charge in [0.1, 0.15) is 0 Å². The summed E-state index contributed by atoms with van der Waals surface area (Å²) in [5.41, 5.74) is -43.8. The molecule has 0 fully saturated rings. The first-order valence-corrected chi connectivity index (χ1v) is 11.9. The van der Waals surface area contributed by atoms with E-state index < -0.39 is 128 Å². The van der Waals surface area contributed by atoms with Crippen molar-refractivity contribution in [1.82, 2.24) is 0 Å². The maximum Gasteiger partial charge on any atom is 0.430 e. The average Bonchev–Trinajstić information content (AvgIpc) is 2.85. The number of nitrogens with two attached hydrogens (primary N) is 2. The molecule has 0 radical (unpaired) electrons. The summed E-state index contributed by atoms with van der Waals surface area (Å²) in [6.07, 6.45) is -62.0. The van der Waals surface area contributed by atoms with Gasteiger partial charge in [-0.3, -0.25) is 0 Å². The second kappa shape index (κ2) is 11.5. The highest BCUT2D eigenvalue weighted by atomic mass is 19.4. The number of aliphatic hydroxyl groups is 4. The summed E-state index contributed by atoms with van der Waals surface area (Å²) >= 11 is 0. The Hall–Kier alpha value is -3.54. The second-order valence-corrected chi connectivity index (χ2v) is 10.3. The Morgan fingerprint density at radius 3 is 0.596 bits per heavy atom. The van der Waals surface area contributed by atoms with E-state index in [1.165, 1.54) is 0 Å². The summed E-state index contributed by atoms with van der Waals surface area (Å²) in [6.45, 7) is 0. The van der Waals surface area contributed by atoms with Crippen molar-refractivity contribution >= 4 is 22.1 Å². The Morgan fingerprint density at radius 2 is 0.462 bits per heavy atom. The molecular formula is C22H10F24N2O4. The summed E-state index contributed by atoms with van der Waals surface area (Å²) in [4.78, 5) is 0. The van der Waals surface area contributed by atoms with Gasteiger partial charge in [-0.2, -0.15) is 105 Å². The SMILES string of the molecule is Nc1c(C(O)(C(F)(F)F)C(F)(F)F)cc2c(C(O)(C(F)(F)F)C(F)(F)F)c(N)c(C(O)(C(F)(F)F)C(F)(F)F)cc2c1C(O)(C(F)(F)F)C(F)(F)F. The third kappa shape index (κ3) is 5.82. The highest BCUT2D eigenvalue weighted by Gasteiger charge is 2.78. The lowest BCUT2D eigenvalue weighted by Crippen LogP contribution is -2.57. The summed E-state index contributed by atoms with van der Waals surface area (Å²) in [6, 6.07) is -3.61. The summed E-state index contributed by atoms with van der Waals surface area (Å²) < 4.78 is 334. The smallest absolute Gasteiger partial charge is 0.398 e. The van der Waals surface area contributed by atoms with Crippen LogP contribution >= 0.6 is 0 Å². The number of alkyl halides is 24. The van der Waals surface area contributed by atoms with Crippen molar-refractivity contribution < 1.29 is 126 Å². The first-order valence-electron chi connectivity index (χ1n) is 11.9. The molecule has 52 heavy (non-hydrogen) atoms. The maximum absolute atomic E-state index is 14.0. The molecule has 0 bridgehead atoms. The minimum absolute atomic E-state index is 1.81. The van der Waals surface area contributed by atoms with Crippen LogP contribution in [0, 0.1) is 0 Å². The summed E-state index contributed by atoms with van der Waals surface area (Å²) in [5.74, 6) is 0. The lowest BCUT2D eigenvalue weighted by molar-refractivity contribution is -0.379. The fraction of sp³-hybridized carbons (Fsp3) is 0.545. The van der Waals surface area contributed by atoms with Gasteiger partial charge in [0.2, 0.25) is 0 Å². The Balaban J connectivity index is 4.03. The fourth-order valence-electron chi connectivity index (χ4n) is 4.77. The topological polar surface area (TPSA) is 133 Å². The first kappa shape index (κ1) is 44.6. The molecule has 2 rings (SSSR count). The van der Waals surface area contributed by atoms with Crippen molar-refractivity contribution in [3.63, 3.8) is 0 Å². The molecule has 30 heteroatoms. The van der Waals surface area contributed by atoms with Crippen LogP contribution in [-0.2, 0) is 22.4 Å². The number of benzene rings is 2. The normalized spacial score (nSPS) is 15.8. The quantitative estimate of drug-likeness (QED) is 0.142. The minimum Gasteiger partial charge on any atom is -0.398 e. The third-order valence-electron chi connectivity index (χ3n) is 7.31. The molecule has 0 saturated carbocycles. The zero-order chi connectivity index (χ0) is 42.0. The van der Waals surface area contributed by atoms with Crippen molar-refractivity contribution in [1.29, 1.82) is 0 Å². The minimum atomic E-state index is -7.85. The molecule has 0 atom stereocenters. The molecule has 0 aromatic heterocycles. The van der Waals surface area contributed by atoms with E-state index in [-0.39, 0.29) is 0 Å². The van der Waals surface area contributed by atoms with Gasteiger partial charge in [0, 0.05) is 33.6 Å². The van der Waals surface area contributed by atoms with Crippen molar-refractivity contribution in [3.8, 4) is 0 Å². The highest BCUT2D eigenvalue weighted by molar-refractivity contribution is 6.00. The number of fused-ring (bicyclic) bond motifs is 1. The van der Waals surface area contributed by atoms with Crippen LogP contribution in [0.15, 0.2) is 12.1 Å². The van der Waals surface area contributed by atoms with Gasteiger partial charge < -0.3 is 31.9 Å². The van der Waals surface area contributed by atoms with Gasteiger partial charge in [0.05, 0.1) is 0 Å². The van der Waals surface area contributed by atoms with Crippen LogP contribution in [-0.4, -0.2) is 69.8 Å². The Morgan fingerprint density at radius 1 is 0.308 bits per heavy atom. The van der Waals surface area contributed by atoms with Gasteiger partial charge in [-0.15, -0.1) is 0 Å². The molecule has 0 amide bonds. The molecule has 0 saturated heterocycles. The van der Waals surface area contributed by atoms with Crippen LogP contribution in [0.5, 0.6) is 0 Å². The zero-order valence-corrected chi connectivity index (χ0v) is 23.2. The van der Waals surface area contributed by atoms with Crippen molar-refractivity contribution in [2.24, 2.45) is 0 Å². The van der Waals surface area contributed by atoms with Crippen LogP contribution < -0.4 is 11.5 Å². The van der Waals surface area contributed by atoms with Gasteiger partial charge in [-0.05, 0) is 22.9 Å². The number of rotatable bonds is 4. The molecular weight excluding hydrogens is 812 g/mol. The van der Waals surface area contributed by atoms with E-state index in [0.29, 0.717) is 0 Å². The third-order valence-corrected chi connectivity index (χ3v) is 7.31. The van der Waals surface area contributed by atoms with Crippen LogP contribution in [0.3, 0.4) is 0 Å². The Bertz CT molecular complexity index is 1520. The van der Waals surface area contributed by atoms with E-state index in [4.69, 9.17) is 0 Å². The molecule has 0 aliphatic rings. The number of anilines is 2. The molecule has 6 nitrogen and oxygen atoms in total. The van der Waals surface area contributed by atoms with Crippen molar-refractivity contribution in [2.45, 2.75) is 71.8 Å². The molecule has 0 aliphatic carbocycles. The lowest BCUT2D eigenvalue weighted by atomic mass is 9.74. The van der Waals surface area contributed by atoms with Crippen molar-refractivity contribution in [2.75, 3.05) is 11.5 Å². The van der Waals surface area contributed by atoms with Gasteiger partial charge in [-0.1, -0.05) is 0 Å². The summed E-state index contributed by atoms with van der Waals surface area (Å²) in [5, 5.41) is 32.1. The fourth-order valence-corrected chi connectivity index (χ4v) is 4.77. The maximum atomic E-state index is 14.0. The van der Waals surface area contributed by atoms with E-state index in [1.807, 2.05) is 0 Å². The largest absolute Gasteiger partial charge is 0.430 e. The molecule has 300 valence electrons. The van der Waals surface area contributed by atoms with Gasteiger partial charge in [0.25, 0.3) is 22.4 Å². The van der Waals surface area contributed by atoms with Crippen LogP contribution in [0.2, 0.25) is 0 Å². The lowest BCUT2D eigenvalue weighted by Gasteiger charge is -2.41. The number of hydrogen-bond acceptors (Lipinski definition) is 6. The number of halogens is 24. The predicted octanol–water partition coefficient (Wildman–Crippen LogP) is 7.25. The first-order chi connectivity index (χ1) is 22.3. The molecule has 0 unspecified atom stereocenters. The Kier molecular flexibility index (Phi) is 9.85. The van der Waals surface area contributed by atoms with E-state index in [2.05, 4.69) is 11.5 Å². The monoisotopic (exact) mass is 822 g/mol. The van der Waals surface area contributed by atoms with Gasteiger partial charge in [-0.25, -0.2) is 0 Å². The predicted molar refractivity (Wildman–Crippen MR) is 117 cm³/mol. The molecule has 2 aromatic rings. The summed E-state index contributed by atoms with van der Waals surface area (Å²) in [7, 11) is 0. The molecule has 0 aliphatic heterocycles. The van der Waals surface area contributed by atoms with Crippen LogP contribution in [0.4, 0.5) is 117 Å². The number of hydrogen-bond donors (Lipinski definition) is 6. The average molecular weight is 822 g/mol.